The molecule has 0 saturated heterocycles. The normalized spacial score (nSPS) is 14.8. The molecule has 5 heteroatoms. The lowest BCUT2D eigenvalue weighted by Crippen LogP contribution is -2.44. The van der Waals surface area contributed by atoms with Gasteiger partial charge in [-0.25, -0.2) is 0 Å². The van der Waals surface area contributed by atoms with E-state index in [1.165, 1.54) is 6.42 Å². The second-order valence-corrected chi connectivity index (χ2v) is 6.81. The number of aliphatic carboxylic acids is 1. The van der Waals surface area contributed by atoms with E-state index in [0.717, 1.165) is 25.7 Å². The molecule has 0 spiro atoms. The molecule has 0 aliphatic rings. The lowest BCUT2D eigenvalue weighted by Gasteiger charge is -2.30. The number of hydrogen-bond donors (Lipinski definition) is 1. The van der Waals surface area contributed by atoms with Gasteiger partial charge in [0.2, 0.25) is 0 Å². The van der Waals surface area contributed by atoms with Crippen LogP contribution < -0.4 is 0 Å². The van der Waals surface area contributed by atoms with Crippen molar-refractivity contribution in [1.29, 1.82) is 0 Å². The number of carbonyl (C=O) groups excluding carboxylic acids is 1. The van der Waals surface area contributed by atoms with Crippen molar-refractivity contribution in [2.75, 3.05) is 21.1 Å². The molecule has 0 aromatic heterocycles. The number of carboxylic acid groups (broad SMARTS) is 1. The van der Waals surface area contributed by atoms with E-state index in [0.29, 0.717) is 10.9 Å². The molecule has 118 valence electrons. The molecule has 0 unspecified atom stereocenters. The average molecular weight is 307 g/mol. The highest BCUT2D eigenvalue weighted by Gasteiger charge is 2.33. The Hall–Kier alpha value is -0.610. The summed E-state index contributed by atoms with van der Waals surface area (Å²) in [6.45, 7) is 2.14. The van der Waals surface area contributed by atoms with Crippen molar-refractivity contribution in [1.82, 2.24) is 0 Å². The topological polar surface area (TPSA) is 54.4 Å². The van der Waals surface area contributed by atoms with E-state index in [1.54, 1.807) is 0 Å². The van der Waals surface area contributed by atoms with Crippen LogP contribution in [0.25, 0.3) is 0 Å². The Morgan fingerprint density at radius 1 is 1.10 bits per heavy atom. The minimum atomic E-state index is -1.05. The van der Waals surface area contributed by atoms with Gasteiger partial charge in [-0.1, -0.05) is 44.2 Å². The summed E-state index contributed by atoms with van der Waals surface area (Å²) in [5.74, 6) is -2.21. The van der Waals surface area contributed by atoms with Crippen LogP contribution in [0.2, 0.25) is 0 Å². The van der Waals surface area contributed by atoms with E-state index < -0.39 is 11.9 Å². The lowest BCUT2D eigenvalue weighted by molar-refractivity contribution is -0.883. The largest absolute Gasteiger partial charge is 0.481 e. The van der Waals surface area contributed by atoms with Gasteiger partial charge >= 0.3 is 5.97 Å². The fourth-order valence-electron chi connectivity index (χ4n) is 1.96. The molecule has 4 nitrogen and oxygen atoms in total. The Bertz CT molecular complexity index is 313. The molecule has 0 saturated carbocycles. The maximum Gasteiger partial charge on any atom is 0.314 e. The number of quaternary nitrogens is 1. The lowest BCUT2D eigenvalue weighted by atomic mass is 9.95. The molecular weight excluding hydrogens is 278 g/mol. The second-order valence-electron chi connectivity index (χ2n) is 6.31. The molecule has 0 rings (SSSR count). The Morgan fingerprint density at radius 3 is 2.10 bits per heavy atom. The number of carbonyl (C=O) groups is 2. The van der Waals surface area contributed by atoms with Crippen LogP contribution in [0.4, 0.5) is 0 Å². The standard InChI is InChI=1S/C15H28ClNO3/c1-5-6-7-8-9-10-13(18)12(15(19)20)11-14(16)17(2,3)4/h12,14H,5-11H2,1-4H3/p+1/t12-,14+/m1/s1. The maximum atomic E-state index is 12.0. The average Bonchev–Trinajstić information content (AvgIpc) is 2.33. The Kier molecular flexibility index (Phi) is 9.06. The molecule has 0 bridgehead atoms. The van der Waals surface area contributed by atoms with Gasteiger partial charge in [-0.05, 0) is 6.42 Å². The van der Waals surface area contributed by atoms with Crippen LogP contribution in [0.15, 0.2) is 0 Å². The van der Waals surface area contributed by atoms with Gasteiger partial charge in [-0.3, -0.25) is 9.59 Å². The minimum absolute atomic E-state index is 0.187. The van der Waals surface area contributed by atoms with Crippen LogP contribution in [-0.2, 0) is 9.59 Å². The van der Waals surface area contributed by atoms with Crippen LogP contribution in [0.3, 0.4) is 0 Å². The fraction of sp³-hybridized carbons (Fsp3) is 0.867. The Balaban J connectivity index is 4.31. The molecule has 0 amide bonds. The number of carboxylic acids is 1. The van der Waals surface area contributed by atoms with Crippen LogP contribution in [0, 0.1) is 5.92 Å². The summed E-state index contributed by atoms with van der Waals surface area (Å²) in [4.78, 5) is 23.3. The van der Waals surface area contributed by atoms with Gasteiger partial charge in [0.15, 0.2) is 5.50 Å². The first kappa shape index (κ1) is 19.4. The van der Waals surface area contributed by atoms with E-state index in [2.05, 4.69) is 6.92 Å². The van der Waals surface area contributed by atoms with E-state index in [4.69, 9.17) is 11.6 Å². The SMILES string of the molecule is CCCCCCCC(=O)[C@@H](C[C@@H](Cl)[N+](C)(C)C)C(=O)O. The van der Waals surface area contributed by atoms with Gasteiger partial charge in [-0.15, -0.1) is 0 Å². The van der Waals surface area contributed by atoms with Gasteiger partial charge in [-0.2, -0.15) is 0 Å². The number of nitrogens with zero attached hydrogens (tertiary/aromatic N) is 1. The fourth-order valence-corrected chi connectivity index (χ4v) is 2.14. The predicted octanol–water partition coefficient (Wildman–Crippen LogP) is 3.28. The summed E-state index contributed by atoms with van der Waals surface area (Å²) in [7, 11) is 5.68. The predicted molar refractivity (Wildman–Crippen MR) is 81.8 cm³/mol. The van der Waals surface area contributed by atoms with Crippen molar-refractivity contribution in [2.24, 2.45) is 5.92 Å². The third-order valence-electron chi connectivity index (χ3n) is 3.48. The molecule has 0 radical (unpaired) electrons. The molecule has 1 N–H and O–H groups in total. The van der Waals surface area contributed by atoms with E-state index in [9.17, 15) is 14.7 Å². The molecule has 0 heterocycles. The summed E-state index contributed by atoms with van der Waals surface area (Å²) in [6, 6.07) is 0. The summed E-state index contributed by atoms with van der Waals surface area (Å²) < 4.78 is 0.440. The van der Waals surface area contributed by atoms with Gasteiger partial charge < -0.3 is 9.59 Å². The van der Waals surface area contributed by atoms with E-state index in [1.807, 2.05) is 21.1 Å². The molecule has 2 atom stereocenters. The summed E-state index contributed by atoms with van der Waals surface area (Å²) in [6.07, 6.45) is 5.74. The molecule has 0 aliphatic heterocycles. The Morgan fingerprint density at radius 2 is 1.65 bits per heavy atom. The molecule has 0 fully saturated rings. The Labute approximate surface area is 127 Å². The number of unbranched alkanes of at least 4 members (excludes halogenated alkanes) is 4. The molecule has 0 aromatic carbocycles. The quantitative estimate of drug-likeness (QED) is 0.209. The van der Waals surface area contributed by atoms with E-state index >= 15 is 0 Å². The minimum Gasteiger partial charge on any atom is -0.481 e. The zero-order chi connectivity index (χ0) is 15.8. The van der Waals surface area contributed by atoms with Gasteiger partial charge in [0.1, 0.15) is 11.7 Å². The third kappa shape index (κ3) is 7.85. The van der Waals surface area contributed by atoms with Gasteiger partial charge in [0, 0.05) is 12.8 Å². The third-order valence-corrected chi connectivity index (χ3v) is 4.25. The number of Topliss-reactive ketones (excluding diaryl/α,β-unsaturated/α-hetero) is 1. The van der Waals surface area contributed by atoms with Crippen LogP contribution in [-0.4, -0.2) is 48.0 Å². The van der Waals surface area contributed by atoms with Crippen molar-refractivity contribution < 1.29 is 19.2 Å². The van der Waals surface area contributed by atoms with Gasteiger partial charge in [0.25, 0.3) is 0 Å². The second kappa shape index (κ2) is 9.35. The van der Waals surface area contributed by atoms with Crippen molar-refractivity contribution in [3.63, 3.8) is 0 Å². The van der Waals surface area contributed by atoms with Crippen molar-refractivity contribution in [3.05, 3.63) is 0 Å². The zero-order valence-electron chi connectivity index (χ0n) is 13.2. The van der Waals surface area contributed by atoms with E-state index in [-0.39, 0.29) is 17.7 Å². The number of rotatable bonds is 11. The number of alkyl halides is 1. The smallest absolute Gasteiger partial charge is 0.314 e. The van der Waals surface area contributed by atoms with Gasteiger partial charge in [0.05, 0.1) is 21.1 Å². The van der Waals surface area contributed by atoms with Crippen LogP contribution >= 0.6 is 11.6 Å². The summed E-state index contributed by atoms with van der Waals surface area (Å²) in [5, 5.41) is 9.21. The van der Waals surface area contributed by atoms with Crippen LogP contribution in [0.1, 0.15) is 51.9 Å². The first-order valence-corrected chi connectivity index (χ1v) is 7.84. The summed E-state index contributed by atoms with van der Waals surface area (Å²) >= 11 is 6.20. The molecule has 0 aromatic rings. The molecule has 0 aliphatic carbocycles. The monoisotopic (exact) mass is 306 g/mol. The first-order chi connectivity index (χ1) is 9.20. The number of hydrogen-bond acceptors (Lipinski definition) is 2. The maximum absolute atomic E-state index is 12.0. The highest BCUT2D eigenvalue weighted by atomic mass is 35.5. The highest BCUT2D eigenvalue weighted by Crippen LogP contribution is 2.21. The summed E-state index contributed by atoms with van der Waals surface area (Å²) in [5.41, 5.74) is -0.375. The van der Waals surface area contributed by atoms with Crippen molar-refractivity contribution in [2.45, 2.75) is 57.4 Å². The number of ketones is 1. The zero-order valence-corrected chi connectivity index (χ0v) is 13.9. The van der Waals surface area contributed by atoms with Crippen LogP contribution in [0.5, 0.6) is 0 Å². The molecular formula is C15H29ClNO3+. The highest BCUT2D eigenvalue weighted by molar-refractivity contribution is 6.20. The first-order valence-electron chi connectivity index (χ1n) is 7.40. The van der Waals surface area contributed by atoms with Crippen molar-refractivity contribution in [3.8, 4) is 0 Å². The number of halogens is 1. The molecule has 20 heavy (non-hydrogen) atoms. The van der Waals surface area contributed by atoms with Crippen molar-refractivity contribution >= 4 is 23.4 Å².